The summed E-state index contributed by atoms with van der Waals surface area (Å²) in [5.41, 5.74) is 0.395. The van der Waals surface area contributed by atoms with E-state index in [0.29, 0.717) is 35.4 Å². The monoisotopic (exact) mass is 355 g/mol. The molecule has 23 heavy (non-hydrogen) atoms. The molecular weight excluding hydrogens is 338 g/mol. The normalized spacial score (nSPS) is 11.1. The Labute approximate surface area is 141 Å². The summed E-state index contributed by atoms with van der Waals surface area (Å²) in [6, 6.07) is 10.8. The Kier molecular flexibility index (Phi) is 5.74. The number of anilines is 1. The van der Waals surface area contributed by atoms with E-state index in [9.17, 15) is 8.42 Å². The summed E-state index contributed by atoms with van der Waals surface area (Å²) >= 11 is 5.78. The number of ether oxygens (including phenoxy) is 2. The molecule has 0 bridgehead atoms. The first kappa shape index (κ1) is 17.4. The minimum atomic E-state index is -3.69. The predicted molar refractivity (Wildman–Crippen MR) is 91.0 cm³/mol. The predicted octanol–water partition coefficient (Wildman–Crippen LogP) is 3.94. The van der Waals surface area contributed by atoms with Gasteiger partial charge in [-0.3, -0.25) is 4.72 Å². The summed E-state index contributed by atoms with van der Waals surface area (Å²) in [6.45, 7) is 4.66. The maximum atomic E-state index is 12.4. The van der Waals surface area contributed by atoms with Crippen molar-refractivity contribution in [2.24, 2.45) is 0 Å². The third-order valence-electron chi connectivity index (χ3n) is 2.92. The van der Waals surface area contributed by atoms with Crippen molar-refractivity contribution in [3.05, 3.63) is 47.5 Å². The Morgan fingerprint density at radius 3 is 2.17 bits per heavy atom. The second-order valence-electron chi connectivity index (χ2n) is 4.59. The number of benzene rings is 2. The molecule has 7 heteroatoms. The molecule has 0 aromatic heterocycles. The summed E-state index contributed by atoms with van der Waals surface area (Å²) in [5, 5.41) is 0.476. The highest BCUT2D eigenvalue weighted by atomic mass is 35.5. The van der Waals surface area contributed by atoms with Crippen LogP contribution in [0.1, 0.15) is 13.8 Å². The number of rotatable bonds is 7. The first-order valence-electron chi connectivity index (χ1n) is 7.14. The van der Waals surface area contributed by atoms with Crippen LogP contribution < -0.4 is 14.2 Å². The van der Waals surface area contributed by atoms with Crippen molar-refractivity contribution in [3.63, 3.8) is 0 Å². The van der Waals surface area contributed by atoms with E-state index in [1.54, 1.807) is 18.2 Å². The standard InChI is InChI=1S/C16H18ClNO4S/c1-3-21-15-10-7-13(11-16(15)22-4-2)18-23(19,20)14-8-5-12(17)6-9-14/h5-11,18H,3-4H2,1-2H3. The Hall–Kier alpha value is -1.92. The molecule has 0 radical (unpaired) electrons. The van der Waals surface area contributed by atoms with Crippen LogP contribution in [0.15, 0.2) is 47.4 Å². The summed E-state index contributed by atoms with van der Waals surface area (Å²) in [5.74, 6) is 1.06. The maximum Gasteiger partial charge on any atom is 0.261 e. The molecule has 0 amide bonds. The molecule has 2 aromatic carbocycles. The lowest BCUT2D eigenvalue weighted by molar-refractivity contribution is 0.288. The van der Waals surface area contributed by atoms with Gasteiger partial charge in [-0.15, -0.1) is 0 Å². The molecule has 124 valence electrons. The average Bonchev–Trinajstić information content (AvgIpc) is 2.50. The third kappa shape index (κ3) is 4.53. The zero-order chi connectivity index (χ0) is 16.9. The van der Waals surface area contributed by atoms with E-state index in [2.05, 4.69) is 4.72 Å². The molecule has 0 heterocycles. The lowest BCUT2D eigenvalue weighted by atomic mass is 10.3. The summed E-state index contributed by atoms with van der Waals surface area (Å²) < 4.78 is 38.2. The zero-order valence-electron chi connectivity index (χ0n) is 12.9. The van der Waals surface area contributed by atoms with E-state index < -0.39 is 10.0 Å². The third-order valence-corrected chi connectivity index (χ3v) is 4.57. The van der Waals surface area contributed by atoms with E-state index >= 15 is 0 Å². The lowest BCUT2D eigenvalue weighted by Gasteiger charge is -2.13. The van der Waals surface area contributed by atoms with Crippen LogP contribution >= 0.6 is 11.6 Å². The number of hydrogen-bond donors (Lipinski definition) is 1. The van der Waals surface area contributed by atoms with Gasteiger partial charge in [-0.05, 0) is 50.2 Å². The Balaban J connectivity index is 2.28. The van der Waals surface area contributed by atoms with Crippen molar-refractivity contribution in [2.45, 2.75) is 18.7 Å². The van der Waals surface area contributed by atoms with Crippen LogP contribution in [0.5, 0.6) is 11.5 Å². The summed E-state index contributed by atoms with van der Waals surface area (Å²) in [6.07, 6.45) is 0. The number of nitrogens with one attached hydrogen (secondary N) is 1. The van der Waals surface area contributed by atoms with Gasteiger partial charge in [0.05, 0.1) is 23.8 Å². The zero-order valence-corrected chi connectivity index (χ0v) is 14.4. The Morgan fingerprint density at radius 2 is 1.57 bits per heavy atom. The van der Waals surface area contributed by atoms with Gasteiger partial charge in [-0.2, -0.15) is 0 Å². The van der Waals surface area contributed by atoms with Crippen LogP contribution in [0.4, 0.5) is 5.69 Å². The number of sulfonamides is 1. The van der Waals surface area contributed by atoms with Crippen molar-refractivity contribution < 1.29 is 17.9 Å². The minimum Gasteiger partial charge on any atom is -0.490 e. The van der Waals surface area contributed by atoms with Crippen LogP contribution in [0, 0.1) is 0 Å². The molecule has 0 aliphatic rings. The van der Waals surface area contributed by atoms with Gasteiger partial charge in [0.25, 0.3) is 10.0 Å². The van der Waals surface area contributed by atoms with E-state index in [4.69, 9.17) is 21.1 Å². The van der Waals surface area contributed by atoms with Crippen molar-refractivity contribution in [1.29, 1.82) is 0 Å². The first-order chi connectivity index (χ1) is 11.0. The summed E-state index contributed by atoms with van der Waals surface area (Å²) in [7, 11) is -3.69. The molecule has 0 fully saturated rings. The van der Waals surface area contributed by atoms with Crippen LogP contribution in [-0.4, -0.2) is 21.6 Å². The number of halogens is 1. The van der Waals surface area contributed by atoms with Gasteiger partial charge < -0.3 is 9.47 Å². The fourth-order valence-corrected chi connectivity index (χ4v) is 3.12. The fraction of sp³-hybridized carbons (Fsp3) is 0.250. The molecule has 2 rings (SSSR count). The topological polar surface area (TPSA) is 64.6 Å². The minimum absolute atomic E-state index is 0.133. The van der Waals surface area contributed by atoms with Gasteiger partial charge in [-0.1, -0.05) is 11.6 Å². The van der Waals surface area contributed by atoms with Crippen molar-refractivity contribution in [2.75, 3.05) is 17.9 Å². The van der Waals surface area contributed by atoms with Crippen LogP contribution in [0.25, 0.3) is 0 Å². The van der Waals surface area contributed by atoms with Gasteiger partial charge in [-0.25, -0.2) is 8.42 Å². The molecule has 0 spiro atoms. The van der Waals surface area contributed by atoms with Gasteiger partial charge in [0, 0.05) is 11.1 Å². The fourth-order valence-electron chi connectivity index (χ4n) is 1.94. The smallest absolute Gasteiger partial charge is 0.261 e. The molecule has 0 atom stereocenters. The largest absolute Gasteiger partial charge is 0.490 e. The van der Waals surface area contributed by atoms with Crippen molar-refractivity contribution >= 4 is 27.3 Å². The first-order valence-corrected chi connectivity index (χ1v) is 9.00. The second kappa shape index (κ2) is 7.57. The summed E-state index contributed by atoms with van der Waals surface area (Å²) in [4.78, 5) is 0.133. The van der Waals surface area contributed by atoms with Crippen molar-refractivity contribution in [3.8, 4) is 11.5 Å². The van der Waals surface area contributed by atoms with E-state index in [1.807, 2.05) is 13.8 Å². The quantitative estimate of drug-likeness (QED) is 0.817. The van der Waals surface area contributed by atoms with E-state index in [1.165, 1.54) is 24.3 Å². The SMILES string of the molecule is CCOc1ccc(NS(=O)(=O)c2ccc(Cl)cc2)cc1OCC. The lowest BCUT2D eigenvalue weighted by Crippen LogP contribution is -2.13. The van der Waals surface area contributed by atoms with Gasteiger partial charge in [0.15, 0.2) is 11.5 Å². The van der Waals surface area contributed by atoms with E-state index in [-0.39, 0.29) is 4.90 Å². The second-order valence-corrected chi connectivity index (χ2v) is 6.71. The molecule has 1 N–H and O–H groups in total. The Morgan fingerprint density at radius 1 is 0.957 bits per heavy atom. The van der Waals surface area contributed by atoms with Crippen LogP contribution in [-0.2, 0) is 10.0 Å². The van der Waals surface area contributed by atoms with Crippen molar-refractivity contribution in [1.82, 2.24) is 0 Å². The van der Waals surface area contributed by atoms with Gasteiger partial charge in [0.1, 0.15) is 0 Å². The molecule has 0 saturated heterocycles. The highest BCUT2D eigenvalue weighted by Gasteiger charge is 2.15. The highest BCUT2D eigenvalue weighted by Crippen LogP contribution is 2.31. The van der Waals surface area contributed by atoms with Crippen LogP contribution in [0.2, 0.25) is 5.02 Å². The molecule has 0 aliphatic carbocycles. The average molecular weight is 356 g/mol. The van der Waals surface area contributed by atoms with Gasteiger partial charge in [0.2, 0.25) is 0 Å². The Bertz CT molecular complexity index is 760. The van der Waals surface area contributed by atoms with Crippen LogP contribution in [0.3, 0.4) is 0 Å². The molecular formula is C16H18ClNO4S. The highest BCUT2D eigenvalue weighted by molar-refractivity contribution is 7.92. The molecule has 0 aliphatic heterocycles. The molecule has 5 nitrogen and oxygen atoms in total. The van der Waals surface area contributed by atoms with Gasteiger partial charge >= 0.3 is 0 Å². The molecule has 0 unspecified atom stereocenters. The number of hydrogen-bond acceptors (Lipinski definition) is 4. The molecule has 2 aromatic rings. The molecule has 0 saturated carbocycles. The maximum absolute atomic E-state index is 12.4. The van der Waals surface area contributed by atoms with E-state index in [0.717, 1.165) is 0 Å².